The molecule has 0 saturated carbocycles. The molecule has 0 aliphatic carbocycles. The van der Waals surface area contributed by atoms with Crippen molar-refractivity contribution in [3.8, 4) is 0 Å². The zero-order chi connectivity index (χ0) is 10.6. The maximum atomic E-state index is 5.76. The van der Waals surface area contributed by atoms with E-state index in [2.05, 4.69) is 10.3 Å². The summed E-state index contributed by atoms with van der Waals surface area (Å²) in [6.07, 6.45) is 1.71. The van der Waals surface area contributed by atoms with Crippen molar-refractivity contribution in [1.29, 1.82) is 0 Å². The van der Waals surface area contributed by atoms with Crippen molar-refractivity contribution < 1.29 is 4.74 Å². The molecule has 0 aromatic carbocycles. The number of nitrogens with zero attached hydrogens (tertiary/aromatic N) is 1. The fourth-order valence-corrected chi connectivity index (χ4v) is 1.24. The Bertz CT molecular complexity index is 299. The van der Waals surface area contributed by atoms with Crippen molar-refractivity contribution in [1.82, 2.24) is 4.98 Å². The summed E-state index contributed by atoms with van der Waals surface area (Å²) < 4.78 is 5.09. The number of methoxy groups -OCH3 is 1. The minimum Gasteiger partial charge on any atom is -0.396 e. The van der Waals surface area contributed by atoms with Crippen LogP contribution in [0.1, 0.15) is 13.8 Å². The lowest BCUT2D eigenvalue weighted by Gasteiger charge is -2.26. The van der Waals surface area contributed by atoms with Crippen molar-refractivity contribution in [3.63, 3.8) is 0 Å². The van der Waals surface area contributed by atoms with Crippen LogP contribution in [0.15, 0.2) is 18.3 Å². The van der Waals surface area contributed by atoms with Gasteiger partial charge in [0.2, 0.25) is 0 Å². The monoisotopic (exact) mass is 195 g/mol. The quantitative estimate of drug-likeness (QED) is 0.764. The van der Waals surface area contributed by atoms with Gasteiger partial charge < -0.3 is 15.8 Å². The molecule has 0 spiro atoms. The molecule has 0 aliphatic rings. The van der Waals surface area contributed by atoms with Gasteiger partial charge in [0.1, 0.15) is 5.82 Å². The third kappa shape index (κ3) is 2.88. The molecule has 0 unspecified atom stereocenters. The van der Waals surface area contributed by atoms with E-state index in [1.807, 2.05) is 26.0 Å². The topological polar surface area (TPSA) is 60.2 Å². The van der Waals surface area contributed by atoms with E-state index in [0.29, 0.717) is 18.1 Å². The fourth-order valence-electron chi connectivity index (χ4n) is 1.24. The molecular weight excluding hydrogens is 178 g/mol. The maximum Gasteiger partial charge on any atom is 0.149 e. The third-order valence-corrected chi connectivity index (χ3v) is 1.80. The molecule has 14 heavy (non-hydrogen) atoms. The van der Waals surface area contributed by atoms with Crippen LogP contribution in [0.25, 0.3) is 0 Å². The number of ether oxygens (including phenoxy) is 1. The van der Waals surface area contributed by atoms with Crippen LogP contribution in [0.5, 0.6) is 0 Å². The van der Waals surface area contributed by atoms with E-state index in [4.69, 9.17) is 10.5 Å². The molecule has 1 aromatic heterocycles. The predicted molar refractivity (Wildman–Crippen MR) is 58.2 cm³/mol. The van der Waals surface area contributed by atoms with Gasteiger partial charge in [-0.25, -0.2) is 4.98 Å². The van der Waals surface area contributed by atoms with Crippen LogP contribution >= 0.6 is 0 Å². The van der Waals surface area contributed by atoms with Crippen molar-refractivity contribution in [2.75, 3.05) is 24.8 Å². The third-order valence-electron chi connectivity index (χ3n) is 1.80. The molecule has 78 valence electrons. The normalized spacial score (nSPS) is 11.4. The van der Waals surface area contributed by atoms with Crippen LogP contribution in [-0.4, -0.2) is 24.2 Å². The summed E-state index contributed by atoms with van der Waals surface area (Å²) in [7, 11) is 1.67. The first-order valence-electron chi connectivity index (χ1n) is 4.53. The second-order valence-corrected chi connectivity index (χ2v) is 3.88. The van der Waals surface area contributed by atoms with E-state index in [9.17, 15) is 0 Å². The molecule has 0 amide bonds. The van der Waals surface area contributed by atoms with E-state index in [0.717, 1.165) is 0 Å². The van der Waals surface area contributed by atoms with Crippen LogP contribution in [0.4, 0.5) is 11.5 Å². The molecular formula is C10H17N3O. The average Bonchev–Trinajstić information content (AvgIpc) is 2.08. The summed E-state index contributed by atoms with van der Waals surface area (Å²) in [5, 5.41) is 3.23. The van der Waals surface area contributed by atoms with Gasteiger partial charge in [-0.05, 0) is 26.0 Å². The van der Waals surface area contributed by atoms with Gasteiger partial charge >= 0.3 is 0 Å². The van der Waals surface area contributed by atoms with Gasteiger partial charge in [-0.3, -0.25) is 0 Å². The van der Waals surface area contributed by atoms with E-state index in [-0.39, 0.29) is 5.54 Å². The van der Waals surface area contributed by atoms with Crippen LogP contribution in [0.2, 0.25) is 0 Å². The first-order chi connectivity index (χ1) is 6.55. The van der Waals surface area contributed by atoms with Crippen molar-refractivity contribution in [2.24, 2.45) is 0 Å². The lowest BCUT2D eigenvalue weighted by atomic mass is 10.1. The molecule has 0 radical (unpaired) electrons. The lowest BCUT2D eigenvalue weighted by molar-refractivity contribution is 0.158. The highest BCUT2D eigenvalue weighted by Gasteiger charge is 2.18. The SMILES string of the molecule is COCC(C)(C)Nc1ncccc1N. The summed E-state index contributed by atoms with van der Waals surface area (Å²) in [6.45, 7) is 4.66. The van der Waals surface area contributed by atoms with Crippen molar-refractivity contribution >= 4 is 11.5 Å². The van der Waals surface area contributed by atoms with Gasteiger partial charge in [0, 0.05) is 13.3 Å². The smallest absolute Gasteiger partial charge is 0.149 e. The number of hydrogen-bond donors (Lipinski definition) is 2. The Labute approximate surface area is 84.5 Å². The van der Waals surface area contributed by atoms with Crippen LogP contribution in [0.3, 0.4) is 0 Å². The Morgan fingerprint density at radius 1 is 1.57 bits per heavy atom. The number of aromatic nitrogens is 1. The zero-order valence-corrected chi connectivity index (χ0v) is 8.87. The minimum atomic E-state index is -0.169. The van der Waals surface area contributed by atoms with E-state index < -0.39 is 0 Å². The summed E-state index contributed by atoms with van der Waals surface area (Å²) >= 11 is 0. The number of pyridine rings is 1. The summed E-state index contributed by atoms with van der Waals surface area (Å²) in [4.78, 5) is 4.15. The molecule has 0 fully saturated rings. The molecule has 0 aliphatic heterocycles. The molecule has 0 bridgehead atoms. The van der Waals surface area contributed by atoms with Gasteiger partial charge in [-0.1, -0.05) is 0 Å². The zero-order valence-electron chi connectivity index (χ0n) is 8.87. The Kier molecular flexibility index (Phi) is 3.30. The summed E-state index contributed by atoms with van der Waals surface area (Å²) in [6, 6.07) is 3.63. The van der Waals surface area contributed by atoms with Gasteiger partial charge in [-0.15, -0.1) is 0 Å². The van der Waals surface area contributed by atoms with Crippen LogP contribution in [0, 0.1) is 0 Å². The molecule has 1 heterocycles. The van der Waals surface area contributed by atoms with Crippen LogP contribution in [-0.2, 0) is 4.74 Å². The minimum absolute atomic E-state index is 0.169. The first-order valence-corrected chi connectivity index (χ1v) is 4.53. The predicted octanol–water partition coefficient (Wildman–Crippen LogP) is 1.50. The number of hydrogen-bond acceptors (Lipinski definition) is 4. The largest absolute Gasteiger partial charge is 0.396 e. The van der Waals surface area contributed by atoms with E-state index in [1.165, 1.54) is 0 Å². The number of nitrogen functional groups attached to an aromatic ring is 1. The van der Waals surface area contributed by atoms with Gasteiger partial charge in [0.05, 0.1) is 17.8 Å². The second kappa shape index (κ2) is 4.28. The maximum absolute atomic E-state index is 5.76. The van der Waals surface area contributed by atoms with Crippen molar-refractivity contribution in [3.05, 3.63) is 18.3 Å². The standard InChI is InChI=1S/C10H17N3O/c1-10(2,7-14-3)13-9-8(11)5-4-6-12-9/h4-6H,7,11H2,1-3H3,(H,12,13). The Balaban J connectivity index is 2.73. The van der Waals surface area contributed by atoms with Crippen molar-refractivity contribution in [2.45, 2.75) is 19.4 Å². The molecule has 0 atom stereocenters. The Morgan fingerprint density at radius 3 is 2.86 bits per heavy atom. The molecule has 4 heteroatoms. The highest BCUT2D eigenvalue weighted by Crippen LogP contribution is 2.18. The second-order valence-electron chi connectivity index (χ2n) is 3.88. The van der Waals surface area contributed by atoms with Gasteiger partial charge in [0.15, 0.2) is 0 Å². The fraction of sp³-hybridized carbons (Fsp3) is 0.500. The first kappa shape index (κ1) is 10.8. The molecule has 4 nitrogen and oxygen atoms in total. The van der Waals surface area contributed by atoms with Crippen LogP contribution < -0.4 is 11.1 Å². The number of nitrogens with two attached hydrogens (primary N) is 1. The lowest BCUT2D eigenvalue weighted by Crippen LogP contribution is -2.36. The Hall–Kier alpha value is -1.29. The molecule has 0 saturated heterocycles. The summed E-state index contributed by atoms with van der Waals surface area (Å²) in [5.74, 6) is 0.703. The molecule has 3 N–H and O–H groups in total. The van der Waals surface area contributed by atoms with Gasteiger partial charge in [-0.2, -0.15) is 0 Å². The number of rotatable bonds is 4. The Morgan fingerprint density at radius 2 is 2.29 bits per heavy atom. The van der Waals surface area contributed by atoms with E-state index in [1.54, 1.807) is 13.3 Å². The average molecular weight is 195 g/mol. The van der Waals surface area contributed by atoms with Gasteiger partial charge in [0.25, 0.3) is 0 Å². The highest BCUT2D eigenvalue weighted by molar-refractivity contribution is 5.61. The molecule has 1 aromatic rings. The molecule has 1 rings (SSSR count). The summed E-state index contributed by atoms with van der Waals surface area (Å²) in [5.41, 5.74) is 6.24. The highest BCUT2D eigenvalue weighted by atomic mass is 16.5. The number of nitrogens with one attached hydrogen (secondary N) is 1. The number of anilines is 2. The van der Waals surface area contributed by atoms with E-state index >= 15 is 0 Å².